The normalized spacial score (nSPS) is 14.0. The summed E-state index contributed by atoms with van der Waals surface area (Å²) in [5, 5.41) is 6.15. The molecular formula is C18H22N4O. The molecule has 2 heterocycles. The van der Waals surface area contributed by atoms with Crippen LogP contribution in [-0.4, -0.2) is 35.5 Å². The van der Waals surface area contributed by atoms with Crippen LogP contribution >= 0.6 is 0 Å². The van der Waals surface area contributed by atoms with Crippen molar-refractivity contribution in [3.05, 3.63) is 58.7 Å². The molecule has 0 fully saturated rings. The Morgan fingerprint density at radius 1 is 1.17 bits per heavy atom. The molecule has 120 valence electrons. The lowest BCUT2D eigenvalue weighted by atomic mass is 9.98. The highest BCUT2D eigenvalue weighted by molar-refractivity contribution is 5.91. The molecule has 1 aromatic carbocycles. The summed E-state index contributed by atoms with van der Waals surface area (Å²) in [7, 11) is 0. The number of aromatic nitrogens is 2. The molecule has 2 N–H and O–H groups in total. The minimum atomic E-state index is -0.177. The van der Waals surface area contributed by atoms with Crippen LogP contribution in [0.25, 0.3) is 0 Å². The van der Waals surface area contributed by atoms with Crippen LogP contribution in [0.2, 0.25) is 0 Å². The first-order valence-corrected chi connectivity index (χ1v) is 8.17. The van der Waals surface area contributed by atoms with E-state index in [0.717, 1.165) is 38.0 Å². The summed E-state index contributed by atoms with van der Waals surface area (Å²) in [4.78, 5) is 20.3. The number of hydrogen-bond acceptors (Lipinski definition) is 4. The second-order valence-corrected chi connectivity index (χ2v) is 5.78. The van der Waals surface area contributed by atoms with E-state index in [1.165, 1.54) is 16.7 Å². The topological polar surface area (TPSA) is 66.9 Å². The zero-order valence-corrected chi connectivity index (χ0v) is 13.4. The summed E-state index contributed by atoms with van der Waals surface area (Å²) in [6, 6.07) is 6.68. The average molecular weight is 310 g/mol. The molecule has 0 saturated heterocycles. The van der Waals surface area contributed by atoms with Gasteiger partial charge in [0.25, 0.3) is 5.91 Å². The zero-order chi connectivity index (χ0) is 16.1. The lowest BCUT2D eigenvalue weighted by Gasteiger charge is -2.08. The number of nitrogens with zero attached hydrogens (tertiary/aromatic N) is 2. The van der Waals surface area contributed by atoms with Crippen LogP contribution in [0.5, 0.6) is 0 Å². The maximum Gasteiger partial charge on any atom is 0.271 e. The molecule has 5 heteroatoms. The van der Waals surface area contributed by atoms with E-state index in [-0.39, 0.29) is 5.91 Å². The molecule has 2 aromatic rings. The summed E-state index contributed by atoms with van der Waals surface area (Å²) in [6.45, 7) is 4.57. The van der Waals surface area contributed by atoms with Gasteiger partial charge in [-0.15, -0.1) is 0 Å². The fourth-order valence-corrected chi connectivity index (χ4v) is 2.86. The molecule has 3 rings (SSSR count). The number of carbonyl (C=O) groups excluding carboxylic acids is 1. The zero-order valence-electron chi connectivity index (χ0n) is 13.4. The number of carbonyl (C=O) groups is 1. The molecule has 1 aliphatic rings. The van der Waals surface area contributed by atoms with Crippen molar-refractivity contribution in [2.45, 2.75) is 26.2 Å². The predicted octanol–water partition coefficient (Wildman–Crippen LogP) is 1.51. The van der Waals surface area contributed by atoms with Crippen molar-refractivity contribution in [3.8, 4) is 0 Å². The summed E-state index contributed by atoms with van der Waals surface area (Å²) < 4.78 is 0. The second kappa shape index (κ2) is 7.33. The summed E-state index contributed by atoms with van der Waals surface area (Å²) in [5.41, 5.74) is 5.36. The van der Waals surface area contributed by atoms with Gasteiger partial charge in [0.15, 0.2) is 0 Å². The van der Waals surface area contributed by atoms with Gasteiger partial charge in [0.05, 0.1) is 11.9 Å². The van der Waals surface area contributed by atoms with Gasteiger partial charge in [-0.25, -0.2) is 4.98 Å². The molecule has 1 amide bonds. The number of amides is 1. The Morgan fingerprint density at radius 2 is 2.00 bits per heavy atom. The Bertz CT molecular complexity index is 682. The SMILES string of the molecule is CCNC(=O)c1cnc(Cc2ccc3c(c2)CCNCC3)cn1. The number of benzene rings is 1. The van der Waals surface area contributed by atoms with Crippen molar-refractivity contribution in [1.29, 1.82) is 0 Å². The van der Waals surface area contributed by atoms with Gasteiger partial charge in [-0.2, -0.15) is 0 Å². The standard InChI is InChI=1S/C18H22N4O/c1-2-20-18(23)17-12-21-16(11-22-17)10-13-3-4-14-5-7-19-8-6-15(14)9-13/h3-4,9,11-12,19H,2,5-8,10H2,1H3,(H,20,23). The first-order valence-electron chi connectivity index (χ1n) is 8.17. The van der Waals surface area contributed by atoms with E-state index in [1.807, 2.05) is 6.92 Å². The highest BCUT2D eigenvalue weighted by Gasteiger charge is 2.10. The van der Waals surface area contributed by atoms with Gasteiger partial charge in [-0.1, -0.05) is 18.2 Å². The van der Waals surface area contributed by atoms with E-state index in [9.17, 15) is 4.79 Å². The number of rotatable bonds is 4. The van der Waals surface area contributed by atoms with Crippen LogP contribution < -0.4 is 10.6 Å². The largest absolute Gasteiger partial charge is 0.351 e. The van der Waals surface area contributed by atoms with Crippen LogP contribution in [0.15, 0.2) is 30.6 Å². The van der Waals surface area contributed by atoms with Crippen LogP contribution in [-0.2, 0) is 19.3 Å². The molecule has 23 heavy (non-hydrogen) atoms. The smallest absolute Gasteiger partial charge is 0.271 e. The summed E-state index contributed by atoms with van der Waals surface area (Å²) in [5.74, 6) is -0.177. The van der Waals surface area contributed by atoms with Crippen LogP contribution in [0.3, 0.4) is 0 Å². The minimum absolute atomic E-state index is 0.177. The van der Waals surface area contributed by atoms with Crippen LogP contribution in [0, 0.1) is 0 Å². The van der Waals surface area contributed by atoms with E-state index >= 15 is 0 Å². The number of fused-ring (bicyclic) bond motifs is 1. The molecule has 0 spiro atoms. The Kier molecular flexibility index (Phi) is 4.98. The van der Waals surface area contributed by atoms with E-state index in [1.54, 1.807) is 12.4 Å². The van der Waals surface area contributed by atoms with Crippen molar-refractivity contribution >= 4 is 5.91 Å². The van der Waals surface area contributed by atoms with Crippen LogP contribution in [0.4, 0.5) is 0 Å². The third-order valence-corrected chi connectivity index (χ3v) is 4.07. The molecular weight excluding hydrogens is 288 g/mol. The Labute approximate surface area is 136 Å². The third-order valence-electron chi connectivity index (χ3n) is 4.07. The lowest BCUT2D eigenvalue weighted by molar-refractivity contribution is 0.0950. The van der Waals surface area contributed by atoms with E-state index in [2.05, 4.69) is 38.8 Å². The maximum absolute atomic E-state index is 11.7. The van der Waals surface area contributed by atoms with Gasteiger partial charge in [0, 0.05) is 19.2 Å². The van der Waals surface area contributed by atoms with Crippen molar-refractivity contribution in [2.24, 2.45) is 0 Å². The molecule has 0 atom stereocenters. The van der Waals surface area contributed by atoms with Crippen molar-refractivity contribution < 1.29 is 4.79 Å². The third kappa shape index (κ3) is 3.93. The predicted molar refractivity (Wildman–Crippen MR) is 89.6 cm³/mol. The second-order valence-electron chi connectivity index (χ2n) is 5.78. The summed E-state index contributed by atoms with van der Waals surface area (Å²) in [6.07, 6.45) is 6.15. The van der Waals surface area contributed by atoms with Gasteiger partial charge in [0.1, 0.15) is 5.69 Å². The molecule has 0 radical (unpaired) electrons. The van der Waals surface area contributed by atoms with Gasteiger partial charge in [-0.05, 0) is 49.5 Å². The van der Waals surface area contributed by atoms with Gasteiger partial charge in [0.2, 0.25) is 0 Å². The van der Waals surface area contributed by atoms with E-state index < -0.39 is 0 Å². The maximum atomic E-state index is 11.7. The molecule has 1 aliphatic heterocycles. The Hall–Kier alpha value is -2.27. The van der Waals surface area contributed by atoms with Gasteiger partial charge >= 0.3 is 0 Å². The highest BCUT2D eigenvalue weighted by Crippen LogP contribution is 2.17. The fraction of sp³-hybridized carbons (Fsp3) is 0.389. The molecule has 0 bridgehead atoms. The first kappa shape index (κ1) is 15.6. The van der Waals surface area contributed by atoms with Crippen molar-refractivity contribution in [2.75, 3.05) is 19.6 Å². The number of nitrogens with one attached hydrogen (secondary N) is 2. The average Bonchev–Trinajstić information content (AvgIpc) is 2.80. The minimum Gasteiger partial charge on any atom is -0.351 e. The Morgan fingerprint density at radius 3 is 2.74 bits per heavy atom. The van der Waals surface area contributed by atoms with E-state index in [0.29, 0.717) is 12.2 Å². The summed E-state index contributed by atoms with van der Waals surface area (Å²) >= 11 is 0. The molecule has 0 unspecified atom stereocenters. The van der Waals surface area contributed by atoms with Crippen molar-refractivity contribution in [1.82, 2.24) is 20.6 Å². The van der Waals surface area contributed by atoms with E-state index in [4.69, 9.17) is 0 Å². The van der Waals surface area contributed by atoms with Gasteiger partial charge in [-0.3, -0.25) is 9.78 Å². The molecule has 5 nitrogen and oxygen atoms in total. The number of hydrogen-bond donors (Lipinski definition) is 2. The van der Waals surface area contributed by atoms with Crippen LogP contribution in [0.1, 0.15) is 39.8 Å². The lowest BCUT2D eigenvalue weighted by Crippen LogP contribution is -2.23. The monoisotopic (exact) mass is 310 g/mol. The highest BCUT2D eigenvalue weighted by atomic mass is 16.1. The molecule has 0 saturated carbocycles. The fourth-order valence-electron chi connectivity index (χ4n) is 2.86. The molecule has 0 aliphatic carbocycles. The quantitative estimate of drug-likeness (QED) is 0.898. The first-order chi connectivity index (χ1) is 11.3. The Balaban J connectivity index is 1.72. The van der Waals surface area contributed by atoms with Gasteiger partial charge < -0.3 is 10.6 Å². The molecule has 1 aromatic heterocycles. The van der Waals surface area contributed by atoms with Crippen molar-refractivity contribution in [3.63, 3.8) is 0 Å².